The van der Waals surface area contributed by atoms with Gasteiger partial charge >= 0.3 is 0 Å². The predicted octanol–water partition coefficient (Wildman–Crippen LogP) is 3.86. The summed E-state index contributed by atoms with van der Waals surface area (Å²) >= 11 is 0. The lowest BCUT2D eigenvalue weighted by atomic mass is 9.96. The van der Waals surface area contributed by atoms with Gasteiger partial charge in [0.25, 0.3) is 5.91 Å². The van der Waals surface area contributed by atoms with Gasteiger partial charge in [0.05, 0.1) is 17.1 Å². The fourth-order valence-corrected chi connectivity index (χ4v) is 3.60. The van der Waals surface area contributed by atoms with Crippen LogP contribution in [0, 0.1) is 11.7 Å². The van der Waals surface area contributed by atoms with Gasteiger partial charge in [-0.15, -0.1) is 0 Å². The van der Waals surface area contributed by atoms with Crippen LogP contribution in [0.2, 0.25) is 0 Å². The molecular formula is C22H20FN3O2. The Hall–Kier alpha value is -3.28. The lowest BCUT2D eigenvalue weighted by Gasteiger charge is -2.32. The summed E-state index contributed by atoms with van der Waals surface area (Å²) in [5.74, 6) is -0.943. The SMILES string of the molecule is O=C(Nc1cccc2ncccc12)C1CCCN(C(=O)c2ccc(F)cc2)C1. The molecule has 3 aromatic rings. The molecule has 2 heterocycles. The van der Waals surface area contributed by atoms with Crippen molar-refractivity contribution in [2.24, 2.45) is 5.92 Å². The molecule has 1 saturated heterocycles. The van der Waals surface area contributed by atoms with E-state index in [4.69, 9.17) is 0 Å². The highest BCUT2D eigenvalue weighted by atomic mass is 19.1. The van der Waals surface area contributed by atoms with Gasteiger partial charge < -0.3 is 10.2 Å². The first-order valence-electron chi connectivity index (χ1n) is 9.31. The normalized spacial score (nSPS) is 16.8. The van der Waals surface area contributed by atoms with Crippen LogP contribution in [-0.2, 0) is 4.79 Å². The lowest BCUT2D eigenvalue weighted by molar-refractivity contribution is -0.121. The van der Waals surface area contributed by atoms with Crippen LogP contribution in [0.15, 0.2) is 60.8 Å². The molecule has 1 fully saturated rings. The van der Waals surface area contributed by atoms with Gasteiger partial charge in [-0.25, -0.2) is 4.39 Å². The molecular weight excluding hydrogens is 357 g/mol. The molecule has 2 amide bonds. The summed E-state index contributed by atoms with van der Waals surface area (Å²) in [6.45, 7) is 0.948. The Morgan fingerprint density at radius 3 is 2.71 bits per heavy atom. The van der Waals surface area contributed by atoms with Crippen LogP contribution in [0.5, 0.6) is 0 Å². The van der Waals surface area contributed by atoms with Gasteiger partial charge in [-0.05, 0) is 61.4 Å². The molecule has 142 valence electrons. The van der Waals surface area contributed by atoms with E-state index in [0.717, 1.165) is 29.4 Å². The second kappa shape index (κ2) is 7.76. The number of hydrogen-bond donors (Lipinski definition) is 1. The highest BCUT2D eigenvalue weighted by molar-refractivity contribution is 6.02. The Balaban J connectivity index is 1.47. The molecule has 28 heavy (non-hydrogen) atoms. The van der Waals surface area contributed by atoms with Crippen LogP contribution in [0.25, 0.3) is 10.9 Å². The van der Waals surface area contributed by atoms with Crippen molar-refractivity contribution in [1.82, 2.24) is 9.88 Å². The van der Waals surface area contributed by atoms with Crippen molar-refractivity contribution in [2.75, 3.05) is 18.4 Å². The summed E-state index contributed by atoms with van der Waals surface area (Å²) in [4.78, 5) is 31.5. The molecule has 2 aromatic carbocycles. The molecule has 4 rings (SSSR count). The standard InChI is InChI=1S/C22H20FN3O2/c23-17-10-8-15(9-11-17)22(28)26-13-3-4-16(14-26)21(27)25-20-7-1-6-19-18(20)5-2-12-24-19/h1-2,5-12,16H,3-4,13-14H2,(H,25,27). The smallest absolute Gasteiger partial charge is 0.253 e. The zero-order valence-electron chi connectivity index (χ0n) is 15.3. The van der Waals surface area contributed by atoms with Crippen molar-refractivity contribution >= 4 is 28.4 Å². The highest BCUT2D eigenvalue weighted by Crippen LogP contribution is 2.24. The number of carbonyl (C=O) groups is 2. The molecule has 0 aliphatic carbocycles. The zero-order chi connectivity index (χ0) is 19.5. The minimum atomic E-state index is -0.378. The molecule has 1 aromatic heterocycles. The molecule has 0 bridgehead atoms. The first kappa shape index (κ1) is 18.1. The summed E-state index contributed by atoms with van der Waals surface area (Å²) in [7, 11) is 0. The Kier molecular flexibility index (Phi) is 5.02. The summed E-state index contributed by atoms with van der Waals surface area (Å²) in [6, 6.07) is 14.9. The zero-order valence-corrected chi connectivity index (χ0v) is 15.3. The minimum Gasteiger partial charge on any atom is -0.338 e. The van der Waals surface area contributed by atoms with Crippen molar-refractivity contribution in [1.29, 1.82) is 0 Å². The van der Waals surface area contributed by atoms with E-state index in [1.807, 2.05) is 30.3 Å². The van der Waals surface area contributed by atoms with Gasteiger partial charge in [-0.2, -0.15) is 0 Å². The number of piperidine rings is 1. The Labute approximate surface area is 162 Å². The molecule has 1 aliphatic heterocycles. The first-order valence-corrected chi connectivity index (χ1v) is 9.31. The average molecular weight is 377 g/mol. The lowest BCUT2D eigenvalue weighted by Crippen LogP contribution is -2.43. The second-order valence-corrected chi connectivity index (χ2v) is 6.96. The van der Waals surface area contributed by atoms with E-state index >= 15 is 0 Å². The summed E-state index contributed by atoms with van der Waals surface area (Å²) < 4.78 is 13.1. The van der Waals surface area contributed by atoms with Crippen molar-refractivity contribution in [3.63, 3.8) is 0 Å². The second-order valence-electron chi connectivity index (χ2n) is 6.96. The van der Waals surface area contributed by atoms with Gasteiger partial charge in [-0.3, -0.25) is 14.6 Å². The molecule has 1 unspecified atom stereocenters. The maximum atomic E-state index is 13.1. The molecule has 5 nitrogen and oxygen atoms in total. The molecule has 1 N–H and O–H groups in total. The van der Waals surface area contributed by atoms with E-state index in [9.17, 15) is 14.0 Å². The average Bonchev–Trinajstić information content (AvgIpc) is 2.74. The fourth-order valence-electron chi connectivity index (χ4n) is 3.60. The number of anilines is 1. The number of rotatable bonds is 3. The number of nitrogens with one attached hydrogen (secondary N) is 1. The number of benzene rings is 2. The summed E-state index contributed by atoms with van der Waals surface area (Å²) in [5, 5.41) is 3.88. The molecule has 1 aliphatic rings. The van der Waals surface area contributed by atoms with Gasteiger partial charge in [0.1, 0.15) is 5.82 Å². The summed E-state index contributed by atoms with van der Waals surface area (Å²) in [5.41, 5.74) is 1.97. The number of pyridine rings is 1. The topological polar surface area (TPSA) is 62.3 Å². The van der Waals surface area contributed by atoms with Crippen molar-refractivity contribution in [3.8, 4) is 0 Å². The number of nitrogens with zero attached hydrogens (tertiary/aromatic N) is 2. The summed E-state index contributed by atoms with van der Waals surface area (Å²) in [6.07, 6.45) is 3.19. The van der Waals surface area contributed by atoms with Crippen LogP contribution < -0.4 is 5.32 Å². The van der Waals surface area contributed by atoms with Crippen molar-refractivity contribution in [2.45, 2.75) is 12.8 Å². The number of likely N-dealkylation sites (tertiary alicyclic amines) is 1. The van der Waals surface area contributed by atoms with E-state index in [0.29, 0.717) is 18.7 Å². The van der Waals surface area contributed by atoms with Gasteiger partial charge in [0, 0.05) is 30.2 Å². The van der Waals surface area contributed by atoms with Crippen molar-refractivity contribution in [3.05, 3.63) is 72.2 Å². The Morgan fingerprint density at radius 1 is 1.07 bits per heavy atom. The van der Waals surface area contributed by atoms with Crippen LogP contribution in [0.1, 0.15) is 23.2 Å². The van der Waals surface area contributed by atoms with Gasteiger partial charge in [0.15, 0.2) is 0 Å². The predicted molar refractivity (Wildman–Crippen MR) is 105 cm³/mol. The first-order chi connectivity index (χ1) is 13.6. The molecule has 1 atom stereocenters. The molecule has 6 heteroatoms. The number of carbonyl (C=O) groups excluding carboxylic acids is 2. The Morgan fingerprint density at radius 2 is 1.89 bits per heavy atom. The number of amides is 2. The third kappa shape index (κ3) is 3.71. The van der Waals surface area contributed by atoms with E-state index in [-0.39, 0.29) is 23.5 Å². The molecule has 0 spiro atoms. The Bertz CT molecular complexity index is 1010. The van der Waals surface area contributed by atoms with E-state index in [1.165, 1.54) is 24.3 Å². The number of halogens is 1. The number of aromatic nitrogens is 1. The quantitative estimate of drug-likeness (QED) is 0.754. The van der Waals surface area contributed by atoms with Crippen molar-refractivity contribution < 1.29 is 14.0 Å². The molecule has 0 radical (unpaired) electrons. The van der Waals surface area contributed by atoms with Crippen LogP contribution >= 0.6 is 0 Å². The molecule has 0 saturated carbocycles. The van der Waals surface area contributed by atoms with Gasteiger partial charge in [0.2, 0.25) is 5.91 Å². The largest absolute Gasteiger partial charge is 0.338 e. The third-order valence-electron chi connectivity index (χ3n) is 5.07. The van der Waals surface area contributed by atoms with E-state index in [2.05, 4.69) is 10.3 Å². The maximum Gasteiger partial charge on any atom is 0.253 e. The minimum absolute atomic E-state index is 0.104. The fraction of sp³-hybridized carbons (Fsp3) is 0.227. The highest BCUT2D eigenvalue weighted by Gasteiger charge is 2.29. The third-order valence-corrected chi connectivity index (χ3v) is 5.07. The van der Waals surface area contributed by atoms with Gasteiger partial charge in [-0.1, -0.05) is 6.07 Å². The van der Waals surface area contributed by atoms with E-state index in [1.54, 1.807) is 11.1 Å². The number of fused-ring (bicyclic) bond motifs is 1. The van der Waals surface area contributed by atoms with Crippen LogP contribution in [0.3, 0.4) is 0 Å². The van der Waals surface area contributed by atoms with E-state index < -0.39 is 0 Å². The van der Waals surface area contributed by atoms with Crippen LogP contribution in [-0.4, -0.2) is 34.8 Å². The number of hydrogen-bond acceptors (Lipinski definition) is 3. The van der Waals surface area contributed by atoms with Crippen LogP contribution in [0.4, 0.5) is 10.1 Å². The monoisotopic (exact) mass is 377 g/mol. The maximum absolute atomic E-state index is 13.1.